The number of fused-ring (bicyclic) bond motifs is 1. The van der Waals surface area contributed by atoms with E-state index < -0.39 is 0 Å². The highest BCUT2D eigenvalue weighted by atomic mass is 35.5. The van der Waals surface area contributed by atoms with Gasteiger partial charge in [0.1, 0.15) is 5.75 Å². The van der Waals surface area contributed by atoms with E-state index in [0.29, 0.717) is 22.4 Å². The molecule has 1 N–H and O–H groups in total. The number of rotatable bonds is 2. The topological polar surface area (TPSA) is 42.1 Å². The molecule has 0 aliphatic heterocycles. The van der Waals surface area contributed by atoms with Crippen molar-refractivity contribution in [2.45, 2.75) is 39.7 Å². The maximum Gasteiger partial charge on any atom is 0.251 e. The summed E-state index contributed by atoms with van der Waals surface area (Å²) in [6.45, 7) is 5.78. The molecule has 1 aromatic carbocycles. The highest BCUT2D eigenvalue weighted by molar-refractivity contribution is 6.32. The third-order valence-electron chi connectivity index (χ3n) is 2.90. The van der Waals surface area contributed by atoms with Gasteiger partial charge in [-0.15, -0.1) is 0 Å². The van der Waals surface area contributed by atoms with Crippen molar-refractivity contribution < 1.29 is 4.74 Å². The number of pyridine rings is 1. The van der Waals surface area contributed by atoms with Crippen LogP contribution in [0.4, 0.5) is 0 Å². The smallest absolute Gasteiger partial charge is 0.251 e. The van der Waals surface area contributed by atoms with Crippen LogP contribution in [0.5, 0.6) is 5.75 Å². The van der Waals surface area contributed by atoms with Gasteiger partial charge in [-0.1, -0.05) is 25.4 Å². The molecule has 19 heavy (non-hydrogen) atoms. The Morgan fingerprint density at radius 2 is 1.95 bits per heavy atom. The predicted molar refractivity (Wildman–Crippen MR) is 79.3 cm³/mol. The minimum atomic E-state index is -0.0720. The first-order valence-corrected chi connectivity index (χ1v) is 7.01. The van der Waals surface area contributed by atoms with Gasteiger partial charge in [-0.3, -0.25) is 4.79 Å². The number of aromatic nitrogens is 1. The Labute approximate surface area is 117 Å². The zero-order chi connectivity index (χ0) is 14.0. The van der Waals surface area contributed by atoms with Crippen molar-refractivity contribution in [2.24, 2.45) is 0 Å². The normalized spacial score (nSPS) is 13.9. The average Bonchev–Trinajstić information content (AvgIpc) is 3.19. The number of benzene rings is 1. The summed E-state index contributed by atoms with van der Waals surface area (Å²) in [4.78, 5) is 14.4. The van der Waals surface area contributed by atoms with Crippen molar-refractivity contribution in [3.63, 3.8) is 0 Å². The van der Waals surface area contributed by atoms with Crippen molar-refractivity contribution in [1.29, 1.82) is 0 Å². The van der Waals surface area contributed by atoms with Crippen molar-refractivity contribution in [2.75, 3.05) is 0 Å². The van der Waals surface area contributed by atoms with E-state index in [0.717, 1.165) is 23.7 Å². The fourth-order valence-electron chi connectivity index (χ4n) is 1.77. The Bertz CT molecular complexity index is 644. The Kier molecular flexibility index (Phi) is 4.15. The number of ether oxygens (including phenoxy) is 1. The summed E-state index contributed by atoms with van der Waals surface area (Å²) >= 11 is 6.15. The molecule has 1 heterocycles. The van der Waals surface area contributed by atoms with Crippen LogP contribution in [0.3, 0.4) is 0 Å². The molecule has 2 aromatic rings. The first-order valence-electron chi connectivity index (χ1n) is 6.63. The molecule has 1 aromatic heterocycles. The molecule has 0 spiro atoms. The maximum absolute atomic E-state index is 11.5. The van der Waals surface area contributed by atoms with Gasteiger partial charge in [0, 0.05) is 17.0 Å². The molecule has 0 bridgehead atoms. The van der Waals surface area contributed by atoms with Crippen LogP contribution in [0.2, 0.25) is 5.02 Å². The van der Waals surface area contributed by atoms with E-state index in [1.165, 1.54) is 0 Å². The number of hydrogen-bond donors (Lipinski definition) is 1. The van der Waals surface area contributed by atoms with Crippen molar-refractivity contribution in [1.82, 2.24) is 4.98 Å². The highest BCUT2D eigenvalue weighted by Gasteiger charge is 2.24. The van der Waals surface area contributed by atoms with E-state index in [-0.39, 0.29) is 5.56 Å². The first kappa shape index (κ1) is 13.9. The predicted octanol–water partition coefficient (Wildman–Crippen LogP) is 4.06. The monoisotopic (exact) mass is 279 g/mol. The second-order valence-electron chi connectivity index (χ2n) is 4.47. The highest BCUT2D eigenvalue weighted by Crippen LogP contribution is 2.34. The Hall–Kier alpha value is -1.48. The molecule has 0 amide bonds. The van der Waals surface area contributed by atoms with Crippen LogP contribution in [0.25, 0.3) is 10.9 Å². The van der Waals surface area contributed by atoms with Gasteiger partial charge in [-0.25, -0.2) is 0 Å². The second-order valence-corrected chi connectivity index (χ2v) is 4.88. The Balaban J connectivity index is 0.000000637. The van der Waals surface area contributed by atoms with Crippen LogP contribution < -0.4 is 10.3 Å². The molecule has 0 saturated heterocycles. The molecular weight excluding hydrogens is 262 g/mol. The molecule has 102 valence electrons. The van der Waals surface area contributed by atoms with Crippen molar-refractivity contribution >= 4 is 22.5 Å². The lowest BCUT2D eigenvalue weighted by Crippen LogP contribution is -2.08. The third-order valence-corrected chi connectivity index (χ3v) is 3.20. The molecule has 1 fully saturated rings. The minimum absolute atomic E-state index is 0.0720. The van der Waals surface area contributed by atoms with Crippen LogP contribution in [0, 0.1) is 6.92 Å². The summed E-state index contributed by atoms with van der Waals surface area (Å²) in [6.07, 6.45) is 2.46. The molecule has 3 rings (SSSR count). The van der Waals surface area contributed by atoms with Crippen LogP contribution >= 0.6 is 11.6 Å². The summed E-state index contributed by atoms with van der Waals surface area (Å²) in [7, 11) is 0. The van der Waals surface area contributed by atoms with Gasteiger partial charge in [0.05, 0.1) is 16.6 Å². The van der Waals surface area contributed by atoms with Crippen LogP contribution in [-0.2, 0) is 0 Å². The molecule has 0 atom stereocenters. The number of aryl methyl sites for hydroxylation is 1. The van der Waals surface area contributed by atoms with Crippen molar-refractivity contribution in [3.05, 3.63) is 39.1 Å². The Morgan fingerprint density at radius 1 is 1.26 bits per heavy atom. The van der Waals surface area contributed by atoms with Crippen LogP contribution in [0.1, 0.15) is 32.3 Å². The molecule has 0 radical (unpaired) electrons. The number of aromatic amines is 1. The van der Waals surface area contributed by atoms with E-state index in [4.69, 9.17) is 16.3 Å². The van der Waals surface area contributed by atoms with E-state index in [9.17, 15) is 4.79 Å². The SMILES string of the molecule is CC.Cc1cc2cc(Cl)c(OC3CC3)cc2[nH]c1=O. The third kappa shape index (κ3) is 3.10. The molecule has 1 aliphatic carbocycles. The van der Waals surface area contributed by atoms with E-state index in [1.807, 2.05) is 26.0 Å². The van der Waals surface area contributed by atoms with Gasteiger partial charge >= 0.3 is 0 Å². The summed E-state index contributed by atoms with van der Waals surface area (Å²) in [6, 6.07) is 5.47. The van der Waals surface area contributed by atoms with Gasteiger partial charge in [0.15, 0.2) is 0 Å². The van der Waals surface area contributed by atoms with Crippen LogP contribution in [0.15, 0.2) is 23.0 Å². The fraction of sp³-hybridized carbons (Fsp3) is 0.400. The lowest BCUT2D eigenvalue weighted by atomic mass is 10.1. The van der Waals surface area contributed by atoms with E-state index in [1.54, 1.807) is 13.0 Å². The zero-order valence-corrected chi connectivity index (χ0v) is 12.2. The molecule has 4 heteroatoms. The maximum atomic E-state index is 11.5. The number of halogens is 1. The van der Waals surface area contributed by atoms with Gasteiger partial charge in [-0.2, -0.15) is 0 Å². The Morgan fingerprint density at radius 3 is 2.58 bits per heavy atom. The average molecular weight is 280 g/mol. The second kappa shape index (κ2) is 5.66. The molecule has 1 saturated carbocycles. The van der Waals surface area contributed by atoms with Gasteiger partial charge in [-0.05, 0) is 31.9 Å². The van der Waals surface area contributed by atoms with Crippen molar-refractivity contribution in [3.8, 4) is 5.75 Å². The van der Waals surface area contributed by atoms with Gasteiger partial charge in [0.2, 0.25) is 0 Å². The van der Waals surface area contributed by atoms with Crippen LogP contribution in [-0.4, -0.2) is 11.1 Å². The lowest BCUT2D eigenvalue weighted by Gasteiger charge is -2.08. The molecule has 0 unspecified atom stereocenters. The lowest BCUT2D eigenvalue weighted by molar-refractivity contribution is 0.304. The fourth-order valence-corrected chi connectivity index (χ4v) is 1.99. The zero-order valence-electron chi connectivity index (χ0n) is 11.4. The first-order chi connectivity index (χ1) is 9.13. The molecule has 3 nitrogen and oxygen atoms in total. The van der Waals surface area contributed by atoms with E-state index in [2.05, 4.69) is 4.98 Å². The summed E-state index contributed by atoms with van der Waals surface area (Å²) in [5.41, 5.74) is 1.38. The summed E-state index contributed by atoms with van der Waals surface area (Å²) < 4.78 is 5.68. The van der Waals surface area contributed by atoms with E-state index >= 15 is 0 Å². The van der Waals surface area contributed by atoms with Gasteiger partial charge < -0.3 is 9.72 Å². The number of H-pyrrole nitrogens is 1. The number of hydrogen-bond acceptors (Lipinski definition) is 2. The standard InChI is InChI=1S/C13H12ClNO2.C2H6/c1-7-4-8-5-10(14)12(17-9-2-3-9)6-11(8)15-13(7)16;1-2/h4-6,9H,2-3H2,1H3,(H,15,16);1-2H3. The largest absolute Gasteiger partial charge is 0.489 e. The minimum Gasteiger partial charge on any atom is -0.489 e. The number of nitrogens with one attached hydrogen (secondary N) is 1. The molecule has 1 aliphatic rings. The summed E-state index contributed by atoms with van der Waals surface area (Å²) in [5, 5.41) is 1.52. The van der Waals surface area contributed by atoms with Gasteiger partial charge in [0.25, 0.3) is 5.56 Å². The molecular formula is C15H18ClNO2. The quantitative estimate of drug-likeness (QED) is 0.901. The summed E-state index contributed by atoms with van der Waals surface area (Å²) in [5.74, 6) is 0.654.